The van der Waals surface area contributed by atoms with Gasteiger partial charge in [0.1, 0.15) is 4.90 Å². The third kappa shape index (κ3) is 2.34. The van der Waals surface area contributed by atoms with E-state index in [1.165, 1.54) is 17.1 Å². The molecule has 0 bridgehead atoms. The summed E-state index contributed by atoms with van der Waals surface area (Å²) >= 11 is 0. The van der Waals surface area contributed by atoms with E-state index in [-0.39, 0.29) is 11.4 Å². The van der Waals surface area contributed by atoms with Gasteiger partial charge in [0.05, 0.1) is 17.6 Å². The lowest BCUT2D eigenvalue weighted by atomic mass is 10.3. The fourth-order valence-electron chi connectivity index (χ4n) is 1.42. The van der Waals surface area contributed by atoms with E-state index in [2.05, 4.69) is 10.1 Å². The third-order valence-corrected chi connectivity index (χ3v) is 3.36. The molecule has 0 spiro atoms. The van der Waals surface area contributed by atoms with Crippen LogP contribution in [0, 0.1) is 0 Å². The average molecular weight is 252 g/mol. The molecule has 0 aliphatic heterocycles. The minimum Gasteiger partial charge on any atom is -0.325 e. The van der Waals surface area contributed by atoms with E-state index in [0.717, 1.165) is 6.26 Å². The maximum absolute atomic E-state index is 11.3. The first-order valence-electron chi connectivity index (χ1n) is 4.91. The molecule has 0 aliphatic carbocycles. The summed E-state index contributed by atoms with van der Waals surface area (Å²) in [4.78, 5) is 4.28. The predicted octanol–water partition coefficient (Wildman–Crippen LogP) is 0.130. The van der Waals surface area contributed by atoms with Crippen LogP contribution in [0.15, 0.2) is 35.6 Å². The Balaban J connectivity index is 2.51. The van der Waals surface area contributed by atoms with Gasteiger partial charge in [0.25, 0.3) is 0 Å². The molecule has 2 aromatic rings. The molecule has 17 heavy (non-hydrogen) atoms. The minimum absolute atomic E-state index is 0.171. The van der Waals surface area contributed by atoms with Gasteiger partial charge in [-0.15, -0.1) is 0 Å². The quantitative estimate of drug-likeness (QED) is 0.838. The van der Waals surface area contributed by atoms with Crippen LogP contribution in [-0.4, -0.2) is 29.4 Å². The number of nitrogens with two attached hydrogens (primary N) is 1. The second kappa shape index (κ2) is 4.27. The van der Waals surface area contributed by atoms with E-state index in [1.54, 1.807) is 18.3 Å². The molecule has 2 N–H and O–H groups in total. The maximum Gasteiger partial charge on any atom is 0.178 e. The Kier molecular flexibility index (Phi) is 2.95. The van der Waals surface area contributed by atoms with Crippen LogP contribution in [0.25, 0.3) is 5.69 Å². The molecule has 0 saturated heterocycles. The molecule has 90 valence electrons. The standard InChI is InChI=1S/C10H12N4O2S/c1-17(15,16)8-6-13-14(7-8)10-3-2-4-12-9(10)5-11/h2-4,6-7H,5,11H2,1H3. The second-order valence-corrected chi connectivity index (χ2v) is 5.58. The number of aromatic nitrogens is 3. The second-order valence-electron chi connectivity index (χ2n) is 3.57. The summed E-state index contributed by atoms with van der Waals surface area (Å²) in [5, 5.41) is 4.00. The molecule has 7 heteroatoms. The predicted molar refractivity (Wildman–Crippen MR) is 62.4 cm³/mol. The Hall–Kier alpha value is -1.73. The molecule has 0 saturated carbocycles. The molecule has 0 amide bonds. The minimum atomic E-state index is -3.24. The van der Waals surface area contributed by atoms with Crippen molar-refractivity contribution in [1.82, 2.24) is 14.8 Å². The van der Waals surface area contributed by atoms with Crippen molar-refractivity contribution in [2.24, 2.45) is 5.73 Å². The van der Waals surface area contributed by atoms with Crippen LogP contribution in [0.3, 0.4) is 0 Å². The van der Waals surface area contributed by atoms with Gasteiger partial charge in [-0.05, 0) is 12.1 Å². The van der Waals surface area contributed by atoms with Crippen molar-refractivity contribution >= 4 is 9.84 Å². The Labute approximate surface area is 99.0 Å². The van der Waals surface area contributed by atoms with Gasteiger partial charge in [-0.25, -0.2) is 13.1 Å². The summed E-state index contributed by atoms with van der Waals surface area (Å²) in [5.74, 6) is 0. The molecule has 6 nitrogen and oxygen atoms in total. The summed E-state index contributed by atoms with van der Waals surface area (Å²) in [6, 6.07) is 3.53. The molecule has 0 radical (unpaired) electrons. The van der Waals surface area contributed by atoms with Crippen LogP contribution in [0.2, 0.25) is 0 Å². The summed E-state index contributed by atoms with van der Waals surface area (Å²) in [5.41, 5.74) is 6.91. The van der Waals surface area contributed by atoms with Gasteiger partial charge in [-0.3, -0.25) is 4.98 Å². The zero-order valence-electron chi connectivity index (χ0n) is 9.24. The van der Waals surface area contributed by atoms with Gasteiger partial charge in [-0.2, -0.15) is 5.10 Å². The van der Waals surface area contributed by atoms with E-state index in [0.29, 0.717) is 11.4 Å². The van der Waals surface area contributed by atoms with Gasteiger partial charge < -0.3 is 5.73 Å². The summed E-state index contributed by atoms with van der Waals surface area (Å²) in [7, 11) is -3.24. The fourth-order valence-corrected chi connectivity index (χ4v) is 1.95. The van der Waals surface area contributed by atoms with E-state index in [1.807, 2.05) is 0 Å². The summed E-state index contributed by atoms with van der Waals surface area (Å²) in [6.45, 7) is 0.268. The summed E-state index contributed by atoms with van der Waals surface area (Å²) < 4.78 is 24.1. The third-order valence-electron chi connectivity index (χ3n) is 2.29. The first-order valence-corrected chi connectivity index (χ1v) is 6.80. The first kappa shape index (κ1) is 11.7. The lowest BCUT2D eigenvalue weighted by molar-refractivity contribution is 0.602. The fraction of sp³-hybridized carbons (Fsp3) is 0.200. The lowest BCUT2D eigenvalue weighted by Crippen LogP contribution is -2.07. The highest BCUT2D eigenvalue weighted by Gasteiger charge is 2.12. The van der Waals surface area contributed by atoms with E-state index < -0.39 is 9.84 Å². The van der Waals surface area contributed by atoms with Gasteiger partial charge >= 0.3 is 0 Å². The molecule has 0 atom stereocenters. The molecular weight excluding hydrogens is 240 g/mol. The van der Waals surface area contributed by atoms with E-state index in [9.17, 15) is 8.42 Å². The molecule has 0 fully saturated rings. The smallest absolute Gasteiger partial charge is 0.178 e. The van der Waals surface area contributed by atoms with Gasteiger partial charge in [0.2, 0.25) is 0 Å². The summed E-state index contributed by atoms with van der Waals surface area (Å²) in [6.07, 6.45) is 5.53. The molecule has 2 rings (SSSR count). The molecule has 2 aromatic heterocycles. The van der Waals surface area contributed by atoms with Crippen LogP contribution in [0.1, 0.15) is 5.69 Å². The first-order chi connectivity index (χ1) is 8.02. The van der Waals surface area contributed by atoms with Crippen molar-refractivity contribution < 1.29 is 8.42 Å². The Bertz CT molecular complexity index is 633. The topological polar surface area (TPSA) is 90.9 Å². The van der Waals surface area contributed by atoms with Crippen molar-refractivity contribution in [3.8, 4) is 5.69 Å². The Morgan fingerprint density at radius 2 is 2.24 bits per heavy atom. The van der Waals surface area contributed by atoms with Crippen molar-refractivity contribution in [3.63, 3.8) is 0 Å². The van der Waals surface area contributed by atoms with Crippen molar-refractivity contribution in [3.05, 3.63) is 36.4 Å². The number of hydrogen-bond acceptors (Lipinski definition) is 5. The van der Waals surface area contributed by atoms with Crippen LogP contribution < -0.4 is 5.73 Å². The van der Waals surface area contributed by atoms with Crippen molar-refractivity contribution in [2.75, 3.05) is 6.26 Å². The normalized spacial score (nSPS) is 11.6. The monoisotopic (exact) mass is 252 g/mol. The van der Waals surface area contributed by atoms with Gasteiger partial charge in [-0.1, -0.05) is 0 Å². The average Bonchev–Trinajstić information content (AvgIpc) is 2.77. The van der Waals surface area contributed by atoms with E-state index >= 15 is 0 Å². The Morgan fingerprint density at radius 3 is 2.82 bits per heavy atom. The SMILES string of the molecule is CS(=O)(=O)c1cnn(-c2cccnc2CN)c1. The molecule has 2 heterocycles. The zero-order chi connectivity index (χ0) is 12.5. The highest BCUT2D eigenvalue weighted by Crippen LogP contribution is 2.14. The highest BCUT2D eigenvalue weighted by molar-refractivity contribution is 7.90. The largest absolute Gasteiger partial charge is 0.325 e. The molecule has 0 unspecified atom stereocenters. The van der Waals surface area contributed by atoms with Crippen molar-refractivity contribution in [1.29, 1.82) is 0 Å². The lowest BCUT2D eigenvalue weighted by Gasteiger charge is -2.05. The number of pyridine rings is 1. The van der Waals surface area contributed by atoms with E-state index in [4.69, 9.17) is 5.73 Å². The molecule has 0 aromatic carbocycles. The number of hydrogen-bond donors (Lipinski definition) is 1. The van der Waals surface area contributed by atoms with Gasteiger partial charge in [0, 0.05) is 25.2 Å². The highest BCUT2D eigenvalue weighted by atomic mass is 32.2. The van der Waals surface area contributed by atoms with Crippen LogP contribution in [-0.2, 0) is 16.4 Å². The zero-order valence-corrected chi connectivity index (χ0v) is 10.1. The Morgan fingerprint density at radius 1 is 1.47 bits per heavy atom. The van der Waals surface area contributed by atoms with Crippen LogP contribution >= 0.6 is 0 Å². The molecular formula is C10H12N4O2S. The maximum atomic E-state index is 11.3. The molecule has 0 aliphatic rings. The van der Waals surface area contributed by atoms with Crippen LogP contribution in [0.4, 0.5) is 0 Å². The number of nitrogens with zero attached hydrogens (tertiary/aromatic N) is 3. The van der Waals surface area contributed by atoms with Crippen LogP contribution in [0.5, 0.6) is 0 Å². The van der Waals surface area contributed by atoms with Gasteiger partial charge in [0.15, 0.2) is 9.84 Å². The number of rotatable bonds is 3. The van der Waals surface area contributed by atoms with Crippen molar-refractivity contribution in [2.45, 2.75) is 11.4 Å². The number of sulfone groups is 1.